The van der Waals surface area contributed by atoms with Crippen LogP contribution >= 0.6 is 0 Å². The highest BCUT2D eigenvalue weighted by Gasteiger charge is 2.63. The minimum atomic E-state index is -0.364. The largest absolute Gasteiger partial charge is 0.466 e. The van der Waals surface area contributed by atoms with Crippen LogP contribution in [-0.4, -0.2) is 90.8 Å². The van der Waals surface area contributed by atoms with E-state index in [9.17, 15) is 24.0 Å². The van der Waals surface area contributed by atoms with Crippen LogP contribution in [0.1, 0.15) is 195 Å². The second-order valence-electron chi connectivity index (χ2n) is 31.1. The first-order chi connectivity index (χ1) is 44.2. The molecule has 16 rings (SSSR count). The summed E-state index contributed by atoms with van der Waals surface area (Å²) >= 11 is 0. The molecule has 514 valence electrons. The number of hydrogen-bond donors (Lipinski definition) is 0. The summed E-state index contributed by atoms with van der Waals surface area (Å²) in [4.78, 5) is 53.4. The number of rotatable bonds is 12. The molecule has 0 radical (unpaired) electrons. The van der Waals surface area contributed by atoms with E-state index in [4.69, 9.17) is 4.74 Å². The van der Waals surface area contributed by atoms with Crippen LogP contribution in [-0.2, 0) is 57.1 Å². The SMILES string of the molecule is C1=CC2C3CCC(C3)C2C1.C1=CC2C3CCC(C3)C2C1.C1CC2C3CCC(C3)C2C1.C1CC2C3CCC(C3)C2C1.C=C(C)C(=O)OC.C=C(C)C(=O)OC.C=C(C)C(=O)OC1CC2CC1C1C3CCC(C3)C21.C=C(C)C(=O)OCCOC.C=C(C)C(=O)OCCOC. The maximum atomic E-state index is 11.7. The van der Waals surface area contributed by atoms with Gasteiger partial charge in [-0.05, 0) is 312 Å². The smallest absolute Gasteiger partial charge is 0.333 e. The molecule has 23 atom stereocenters. The van der Waals surface area contributed by atoms with Gasteiger partial charge in [0, 0.05) is 42.1 Å². The standard InChI is InChI=1S/C16H22O2.2C10H16.2C10H14.2C7H12O3.2C5H8O2/c1-8(2)16(17)18-13-7-11-6-12(13)15-10-4-3-9(5-10)14(11)15;4*1-2-9-7-4-5-8(6-7)10(9)3-1;2*1-6(2)7(8)10-5-4-9-3;2*1-4(2)5(6)7-3/h9-15H,1,3-7H2,2H3;2*7-10H,1-6H2;2*1-2,7-10H,3-6H2;2*1,4-5H2,2-3H3;2*1H2,2-3H3. The number of hydrogen-bond acceptors (Lipinski definition) is 12. The molecule has 0 aromatic carbocycles. The van der Waals surface area contributed by atoms with Crippen molar-refractivity contribution < 1.29 is 57.1 Å². The average Bonchev–Trinajstić information content (AvgIpc) is 1.55. The highest BCUT2D eigenvalue weighted by Crippen LogP contribution is 2.68. The molecule has 12 bridgehead atoms. The van der Waals surface area contributed by atoms with Crippen LogP contribution in [0.15, 0.2) is 85.1 Å². The zero-order chi connectivity index (χ0) is 66.3. The van der Waals surface area contributed by atoms with Crippen molar-refractivity contribution in [3.8, 4) is 0 Å². The Hall–Kier alpha value is -4.55. The van der Waals surface area contributed by atoms with Gasteiger partial charge >= 0.3 is 29.8 Å². The molecule has 0 saturated heterocycles. The molecular weight excluding hydrogens is 1150 g/mol. The molecule has 0 aromatic rings. The highest BCUT2D eigenvalue weighted by molar-refractivity contribution is 5.88. The summed E-state index contributed by atoms with van der Waals surface area (Å²) in [5, 5.41) is 0. The maximum absolute atomic E-state index is 11.7. The van der Waals surface area contributed by atoms with E-state index in [-0.39, 0.29) is 36.0 Å². The van der Waals surface area contributed by atoms with Crippen LogP contribution in [0, 0.1) is 130 Å². The first kappa shape index (κ1) is 73.3. The minimum Gasteiger partial charge on any atom is -0.466 e. The van der Waals surface area contributed by atoms with Crippen molar-refractivity contribution in [3.63, 3.8) is 0 Å². The molecule has 0 aromatic heterocycles. The van der Waals surface area contributed by atoms with E-state index in [0.29, 0.717) is 60.2 Å². The lowest BCUT2D eigenvalue weighted by Crippen LogP contribution is -2.37. The van der Waals surface area contributed by atoms with E-state index in [0.717, 1.165) is 83.4 Å². The monoisotopic (exact) mass is 1270 g/mol. The predicted molar refractivity (Wildman–Crippen MR) is 364 cm³/mol. The maximum Gasteiger partial charge on any atom is 0.333 e. The Morgan fingerprint density at radius 2 is 0.663 bits per heavy atom. The number of methoxy groups -OCH3 is 4. The Balaban J connectivity index is 0.000000135. The van der Waals surface area contributed by atoms with E-state index in [1.807, 2.05) is 0 Å². The Kier molecular flexibility index (Phi) is 27.8. The molecule has 0 heterocycles. The zero-order valence-corrected chi connectivity index (χ0v) is 58.5. The number of carbonyl (C=O) groups is 5. The van der Waals surface area contributed by atoms with Crippen molar-refractivity contribution in [3.05, 3.63) is 85.1 Å². The van der Waals surface area contributed by atoms with Crippen LogP contribution in [0.25, 0.3) is 0 Å². The minimum absolute atomic E-state index is 0.174. The molecule has 12 heteroatoms. The topological polar surface area (TPSA) is 150 Å². The summed E-state index contributed by atoms with van der Waals surface area (Å²) < 4.78 is 32.9. The Bertz CT molecular complexity index is 2440. The van der Waals surface area contributed by atoms with E-state index in [1.165, 1.54) is 113 Å². The Labute approximate surface area is 555 Å². The number of esters is 5. The van der Waals surface area contributed by atoms with Gasteiger partial charge in [0.2, 0.25) is 0 Å². The van der Waals surface area contributed by atoms with Crippen LogP contribution in [0.4, 0.5) is 0 Å². The second-order valence-corrected chi connectivity index (χ2v) is 31.1. The third-order valence-electron chi connectivity index (χ3n) is 25.6. The van der Waals surface area contributed by atoms with E-state index >= 15 is 0 Å². The summed E-state index contributed by atoms with van der Waals surface area (Å²) in [5.74, 6) is 22.1. The summed E-state index contributed by atoms with van der Waals surface area (Å²) in [5.41, 5.74) is 2.24. The van der Waals surface area contributed by atoms with Gasteiger partial charge in [-0.2, -0.15) is 0 Å². The van der Waals surface area contributed by atoms with Gasteiger partial charge in [0.1, 0.15) is 19.3 Å². The van der Waals surface area contributed by atoms with E-state index in [2.05, 4.69) is 85.6 Å². The van der Waals surface area contributed by atoms with Crippen LogP contribution in [0.5, 0.6) is 0 Å². The molecule has 12 nitrogen and oxygen atoms in total. The second kappa shape index (κ2) is 34.9. The first-order valence-corrected chi connectivity index (χ1v) is 36.5. The van der Waals surface area contributed by atoms with Gasteiger partial charge in [-0.3, -0.25) is 0 Å². The molecule has 16 aliphatic carbocycles. The van der Waals surface area contributed by atoms with Crippen molar-refractivity contribution in [2.45, 2.75) is 201 Å². The van der Waals surface area contributed by atoms with Crippen molar-refractivity contribution in [1.82, 2.24) is 0 Å². The fourth-order valence-electron chi connectivity index (χ4n) is 21.9. The highest BCUT2D eigenvalue weighted by atomic mass is 16.6. The lowest BCUT2D eigenvalue weighted by molar-refractivity contribution is -0.149. The average molecular weight is 1280 g/mol. The van der Waals surface area contributed by atoms with Crippen LogP contribution in [0.3, 0.4) is 0 Å². The van der Waals surface area contributed by atoms with Gasteiger partial charge in [-0.15, -0.1) is 0 Å². The molecular formula is C80H122O12. The molecule has 16 aliphatic rings. The third-order valence-corrected chi connectivity index (χ3v) is 25.6. The number of carbonyl (C=O) groups excluding carboxylic acids is 5. The Morgan fingerprint density at radius 1 is 0.337 bits per heavy atom. The van der Waals surface area contributed by atoms with Crippen molar-refractivity contribution in [1.29, 1.82) is 0 Å². The van der Waals surface area contributed by atoms with Gasteiger partial charge in [-0.1, -0.05) is 70.0 Å². The Morgan fingerprint density at radius 3 is 1.00 bits per heavy atom. The quantitative estimate of drug-likeness (QED) is 0.0457. The zero-order valence-electron chi connectivity index (χ0n) is 58.5. The lowest BCUT2D eigenvalue weighted by Gasteiger charge is -2.38. The van der Waals surface area contributed by atoms with Crippen molar-refractivity contribution in [2.75, 3.05) is 54.9 Å². The van der Waals surface area contributed by atoms with E-state index in [1.54, 1.807) is 152 Å². The molecule has 14 saturated carbocycles. The fraction of sp³-hybridized carbons (Fsp3) is 0.762. The summed E-state index contributed by atoms with van der Waals surface area (Å²) in [7, 11) is 5.76. The van der Waals surface area contributed by atoms with Crippen molar-refractivity contribution >= 4 is 29.8 Å². The summed E-state index contributed by atoms with van der Waals surface area (Å²) in [6.07, 6.45) is 48.1. The van der Waals surface area contributed by atoms with Gasteiger partial charge in [0.25, 0.3) is 0 Å². The van der Waals surface area contributed by atoms with E-state index < -0.39 is 0 Å². The molecule has 14 fully saturated rings. The number of ether oxygens (including phenoxy) is 7. The normalized spacial score (nSPS) is 37.9. The molecule has 23 unspecified atom stereocenters. The van der Waals surface area contributed by atoms with Gasteiger partial charge in [0.05, 0.1) is 27.4 Å². The summed E-state index contributed by atoms with van der Waals surface area (Å²) in [6, 6.07) is 0. The molecule has 0 aliphatic heterocycles. The number of allylic oxidation sites excluding steroid dienone is 4. The molecule has 0 spiro atoms. The van der Waals surface area contributed by atoms with Gasteiger partial charge in [-0.25, -0.2) is 24.0 Å². The van der Waals surface area contributed by atoms with Crippen molar-refractivity contribution in [2.24, 2.45) is 130 Å². The third kappa shape index (κ3) is 18.3. The number of fused-ring (bicyclic) bond motifs is 29. The van der Waals surface area contributed by atoms with Gasteiger partial charge < -0.3 is 33.2 Å². The predicted octanol–water partition coefficient (Wildman–Crippen LogP) is 17.0. The summed E-state index contributed by atoms with van der Waals surface area (Å²) in [6.45, 7) is 26.8. The first-order valence-electron chi connectivity index (χ1n) is 36.5. The molecule has 0 amide bonds. The van der Waals surface area contributed by atoms with Gasteiger partial charge in [0.15, 0.2) is 0 Å². The fourth-order valence-corrected chi connectivity index (χ4v) is 21.9. The molecule has 92 heavy (non-hydrogen) atoms. The molecule has 0 N–H and O–H groups in total. The lowest BCUT2D eigenvalue weighted by atomic mass is 9.70. The van der Waals surface area contributed by atoms with Crippen LogP contribution in [0.2, 0.25) is 0 Å². The van der Waals surface area contributed by atoms with Crippen LogP contribution < -0.4 is 0 Å².